The van der Waals surface area contributed by atoms with E-state index in [9.17, 15) is 4.79 Å². The van der Waals surface area contributed by atoms with E-state index >= 15 is 0 Å². The molecule has 74 valence electrons. The van der Waals surface area contributed by atoms with Crippen molar-refractivity contribution >= 4 is 27.7 Å². The van der Waals surface area contributed by atoms with E-state index in [2.05, 4.69) is 26.2 Å². The third-order valence-corrected chi connectivity index (χ3v) is 2.87. The zero-order chi connectivity index (χ0) is 10.2. The Bertz CT molecular complexity index is 376. The summed E-state index contributed by atoms with van der Waals surface area (Å²) in [5, 5.41) is 2.69. The number of anilines is 1. The van der Waals surface area contributed by atoms with E-state index in [0.29, 0.717) is 5.82 Å². The molecule has 4 nitrogen and oxygen atoms in total. The number of nitrogens with zero attached hydrogens (tertiary/aromatic N) is 1. The summed E-state index contributed by atoms with van der Waals surface area (Å²) in [4.78, 5) is 15.6. The van der Waals surface area contributed by atoms with Crippen molar-refractivity contribution < 1.29 is 4.79 Å². The molecule has 1 aromatic heterocycles. The van der Waals surface area contributed by atoms with Crippen LogP contribution in [-0.2, 0) is 4.79 Å². The number of nitrogens with two attached hydrogens (primary N) is 1. The monoisotopic (exact) mass is 255 g/mol. The molecule has 0 spiro atoms. The van der Waals surface area contributed by atoms with Crippen LogP contribution in [0.3, 0.4) is 0 Å². The van der Waals surface area contributed by atoms with Gasteiger partial charge in [0.05, 0.1) is 10.0 Å². The number of pyridine rings is 1. The normalized spacial score (nSPS) is 17.6. The standard InChI is InChI=1S/C9H10BrN3O/c10-6-2-1-5-12-7(6)13-8(14)9(11)3-4-9/h1-2,5H,3-4,11H2,(H,12,13,14). The van der Waals surface area contributed by atoms with Crippen LogP contribution >= 0.6 is 15.9 Å². The van der Waals surface area contributed by atoms with Crippen molar-refractivity contribution in [2.75, 3.05) is 5.32 Å². The van der Waals surface area contributed by atoms with Gasteiger partial charge in [0, 0.05) is 6.20 Å². The lowest BCUT2D eigenvalue weighted by atomic mass is 10.3. The molecule has 0 unspecified atom stereocenters. The van der Waals surface area contributed by atoms with Crippen LogP contribution in [0.1, 0.15) is 12.8 Å². The molecule has 3 N–H and O–H groups in total. The number of nitrogens with one attached hydrogen (secondary N) is 1. The van der Waals surface area contributed by atoms with E-state index in [1.54, 1.807) is 12.3 Å². The van der Waals surface area contributed by atoms with E-state index in [1.165, 1.54) is 0 Å². The Morgan fingerprint density at radius 3 is 2.93 bits per heavy atom. The van der Waals surface area contributed by atoms with Crippen molar-refractivity contribution in [1.82, 2.24) is 4.98 Å². The van der Waals surface area contributed by atoms with Gasteiger partial charge in [-0.05, 0) is 40.9 Å². The van der Waals surface area contributed by atoms with Crippen LogP contribution < -0.4 is 11.1 Å². The minimum Gasteiger partial charge on any atom is -0.317 e. The molecule has 0 radical (unpaired) electrons. The van der Waals surface area contributed by atoms with Crippen molar-refractivity contribution in [3.63, 3.8) is 0 Å². The zero-order valence-corrected chi connectivity index (χ0v) is 9.04. The van der Waals surface area contributed by atoms with Gasteiger partial charge in [0.1, 0.15) is 5.82 Å². The summed E-state index contributed by atoms with van der Waals surface area (Å²) in [6.45, 7) is 0. The molecule has 1 aliphatic carbocycles. The fourth-order valence-corrected chi connectivity index (χ4v) is 1.43. The van der Waals surface area contributed by atoms with Crippen molar-refractivity contribution in [3.8, 4) is 0 Å². The van der Waals surface area contributed by atoms with Gasteiger partial charge in [-0.1, -0.05) is 0 Å². The molecule has 1 aliphatic rings. The third-order valence-electron chi connectivity index (χ3n) is 2.23. The van der Waals surface area contributed by atoms with E-state index in [4.69, 9.17) is 5.73 Å². The van der Waals surface area contributed by atoms with Crippen LogP contribution in [0.4, 0.5) is 5.82 Å². The predicted octanol–water partition coefficient (Wildman–Crippen LogP) is 1.27. The average Bonchev–Trinajstić information content (AvgIpc) is 2.89. The highest BCUT2D eigenvalue weighted by molar-refractivity contribution is 9.10. The minimum atomic E-state index is -0.656. The highest BCUT2D eigenvalue weighted by Gasteiger charge is 2.46. The second-order valence-corrected chi connectivity index (χ2v) is 4.30. The first kappa shape index (κ1) is 9.61. The molecule has 1 heterocycles. The van der Waals surface area contributed by atoms with E-state index in [-0.39, 0.29) is 5.91 Å². The number of carbonyl (C=O) groups is 1. The Morgan fingerprint density at radius 2 is 2.36 bits per heavy atom. The predicted molar refractivity (Wildman–Crippen MR) is 56.7 cm³/mol. The summed E-state index contributed by atoms with van der Waals surface area (Å²) in [6.07, 6.45) is 3.13. The highest BCUT2D eigenvalue weighted by Crippen LogP contribution is 2.33. The number of rotatable bonds is 2. The fraction of sp³-hybridized carbons (Fsp3) is 0.333. The van der Waals surface area contributed by atoms with Gasteiger partial charge in [-0.3, -0.25) is 4.79 Å². The second-order valence-electron chi connectivity index (χ2n) is 3.44. The Balaban J connectivity index is 2.11. The maximum atomic E-state index is 11.6. The summed E-state index contributed by atoms with van der Waals surface area (Å²) in [6, 6.07) is 3.60. The topological polar surface area (TPSA) is 68.0 Å². The molecule has 0 bridgehead atoms. The first-order valence-electron chi connectivity index (χ1n) is 4.33. The van der Waals surface area contributed by atoms with Crippen molar-refractivity contribution in [2.45, 2.75) is 18.4 Å². The van der Waals surface area contributed by atoms with Gasteiger partial charge in [-0.2, -0.15) is 0 Å². The van der Waals surface area contributed by atoms with Crippen LogP contribution in [0.2, 0.25) is 0 Å². The Hall–Kier alpha value is -0.940. The first-order chi connectivity index (χ1) is 6.62. The molecule has 1 aromatic rings. The quantitative estimate of drug-likeness (QED) is 0.837. The lowest BCUT2D eigenvalue weighted by Crippen LogP contribution is -2.38. The molecule has 0 aromatic carbocycles. The van der Waals surface area contributed by atoms with Crippen LogP contribution in [-0.4, -0.2) is 16.4 Å². The Labute approximate surface area is 90.0 Å². The summed E-state index contributed by atoms with van der Waals surface area (Å²) < 4.78 is 0.762. The molecule has 1 fully saturated rings. The number of amides is 1. The highest BCUT2D eigenvalue weighted by atomic mass is 79.9. The first-order valence-corrected chi connectivity index (χ1v) is 5.12. The summed E-state index contributed by atoms with van der Waals surface area (Å²) >= 11 is 3.29. The number of aromatic nitrogens is 1. The maximum Gasteiger partial charge on any atom is 0.245 e. The Morgan fingerprint density at radius 1 is 1.64 bits per heavy atom. The number of halogens is 1. The van der Waals surface area contributed by atoms with Crippen LogP contribution in [0.5, 0.6) is 0 Å². The van der Waals surface area contributed by atoms with E-state index < -0.39 is 5.54 Å². The SMILES string of the molecule is NC1(C(=O)Nc2ncccc2Br)CC1. The summed E-state index contributed by atoms with van der Waals surface area (Å²) in [5.41, 5.74) is 5.08. The second kappa shape index (κ2) is 3.33. The molecular weight excluding hydrogens is 246 g/mol. The van der Waals surface area contributed by atoms with Gasteiger partial charge >= 0.3 is 0 Å². The molecule has 1 amide bonds. The molecule has 2 rings (SSSR count). The molecule has 1 saturated carbocycles. The lowest BCUT2D eigenvalue weighted by Gasteiger charge is -2.09. The van der Waals surface area contributed by atoms with Crippen molar-refractivity contribution in [2.24, 2.45) is 5.73 Å². The van der Waals surface area contributed by atoms with Gasteiger partial charge in [-0.15, -0.1) is 0 Å². The van der Waals surface area contributed by atoms with E-state index in [1.807, 2.05) is 6.07 Å². The van der Waals surface area contributed by atoms with Gasteiger partial charge in [0.2, 0.25) is 5.91 Å². The summed E-state index contributed by atoms with van der Waals surface area (Å²) in [7, 11) is 0. The van der Waals surface area contributed by atoms with Crippen LogP contribution in [0, 0.1) is 0 Å². The van der Waals surface area contributed by atoms with Crippen molar-refractivity contribution in [3.05, 3.63) is 22.8 Å². The zero-order valence-electron chi connectivity index (χ0n) is 7.46. The van der Waals surface area contributed by atoms with E-state index in [0.717, 1.165) is 17.3 Å². The molecule has 0 aliphatic heterocycles. The fourth-order valence-electron chi connectivity index (χ4n) is 1.07. The molecular formula is C9H10BrN3O. The average molecular weight is 256 g/mol. The van der Waals surface area contributed by atoms with Gasteiger partial charge in [-0.25, -0.2) is 4.98 Å². The van der Waals surface area contributed by atoms with Gasteiger partial charge in [0.25, 0.3) is 0 Å². The minimum absolute atomic E-state index is 0.156. The maximum absolute atomic E-state index is 11.6. The summed E-state index contributed by atoms with van der Waals surface area (Å²) in [5.74, 6) is 0.367. The number of hydrogen-bond donors (Lipinski definition) is 2. The number of hydrogen-bond acceptors (Lipinski definition) is 3. The molecule has 0 atom stereocenters. The van der Waals surface area contributed by atoms with Crippen molar-refractivity contribution in [1.29, 1.82) is 0 Å². The third kappa shape index (κ3) is 1.78. The van der Waals surface area contributed by atoms with Gasteiger partial charge in [0.15, 0.2) is 0 Å². The van der Waals surface area contributed by atoms with Gasteiger partial charge < -0.3 is 11.1 Å². The van der Waals surface area contributed by atoms with Crippen LogP contribution in [0.15, 0.2) is 22.8 Å². The molecule has 5 heteroatoms. The largest absolute Gasteiger partial charge is 0.317 e. The van der Waals surface area contributed by atoms with Crippen LogP contribution in [0.25, 0.3) is 0 Å². The smallest absolute Gasteiger partial charge is 0.245 e. The molecule has 0 saturated heterocycles. The Kier molecular flexibility index (Phi) is 2.28. The lowest BCUT2D eigenvalue weighted by molar-refractivity contribution is -0.118. The molecule has 14 heavy (non-hydrogen) atoms. The number of carbonyl (C=O) groups excluding carboxylic acids is 1.